The van der Waals surface area contributed by atoms with Crippen molar-refractivity contribution in [3.05, 3.63) is 11.8 Å². The lowest BCUT2D eigenvalue weighted by molar-refractivity contribution is -0.118. The minimum absolute atomic E-state index is 0.101. The van der Waals surface area contributed by atoms with Gasteiger partial charge in [-0.1, -0.05) is 13.8 Å². The van der Waals surface area contributed by atoms with Crippen molar-refractivity contribution in [2.45, 2.75) is 13.8 Å². The number of aromatic nitrogens is 2. The van der Waals surface area contributed by atoms with Crippen LogP contribution in [0.3, 0.4) is 0 Å². The van der Waals surface area contributed by atoms with Gasteiger partial charge in [0.15, 0.2) is 12.1 Å². The van der Waals surface area contributed by atoms with Gasteiger partial charge in [0.1, 0.15) is 0 Å². The van der Waals surface area contributed by atoms with Gasteiger partial charge in [0.05, 0.1) is 5.69 Å². The molecule has 1 amide bonds. The Bertz CT molecular complexity index is 317. The van der Waals surface area contributed by atoms with Crippen LogP contribution < -0.4 is 5.32 Å². The van der Waals surface area contributed by atoms with E-state index in [0.717, 1.165) is 0 Å². The van der Waals surface area contributed by atoms with Crippen LogP contribution in [0.2, 0.25) is 0 Å². The second kappa shape index (κ2) is 3.84. The van der Waals surface area contributed by atoms with Crippen molar-refractivity contribution in [1.82, 2.24) is 10.2 Å². The summed E-state index contributed by atoms with van der Waals surface area (Å²) in [4.78, 5) is 21.4. The molecule has 5 heteroatoms. The minimum atomic E-state index is -0.121. The van der Waals surface area contributed by atoms with Gasteiger partial charge in [-0.2, -0.15) is 5.10 Å². The van der Waals surface area contributed by atoms with Crippen LogP contribution in [0.5, 0.6) is 0 Å². The number of amides is 1. The van der Waals surface area contributed by atoms with Gasteiger partial charge < -0.3 is 5.32 Å². The number of anilines is 1. The molecule has 70 valence electrons. The molecule has 0 aliphatic carbocycles. The summed E-state index contributed by atoms with van der Waals surface area (Å²) in [5, 5.41) is 8.74. The summed E-state index contributed by atoms with van der Waals surface area (Å²) in [6.07, 6.45) is 0.637. The molecule has 0 aliphatic heterocycles. The Hall–Kier alpha value is -1.65. The minimum Gasteiger partial charge on any atom is -0.309 e. The van der Waals surface area contributed by atoms with Gasteiger partial charge in [-0.15, -0.1) is 0 Å². The van der Waals surface area contributed by atoms with Crippen molar-refractivity contribution < 1.29 is 9.59 Å². The molecule has 0 fully saturated rings. The predicted molar refractivity (Wildman–Crippen MR) is 47.4 cm³/mol. The molecule has 0 bridgehead atoms. The number of nitrogens with one attached hydrogen (secondary N) is 2. The van der Waals surface area contributed by atoms with Gasteiger partial charge in [0.25, 0.3) is 0 Å². The lowest BCUT2D eigenvalue weighted by atomic mass is 10.2. The standard InChI is InChI=1S/C8H11N3O2/c1-5(2)8(13)9-7-3-6(4-12)10-11-7/h3-5H,1-2H3,(H2,9,10,11,13). The topological polar surface area (TPSA) is 74.8 Å². The van der Waals surface area contributed by atoms with Crippen LogP contribution in [-0.2, 0) is 4.79 Å². The number of H-pyrrole nitrogens is 1. The number of aldehydes is 1. The van der Waals surface area contributed by atoms with E-state index in [-0.39, 0.29) is 11.8 Å². The summed E-state index contributed by atoms with van der Waals surface area (Å²) in [5.41, 5.74) is 0.346. The van der Waals surface area contributed by atoms with Crippen molar-refractivity contribution in [2.24, 2.45) is 5.92 Å². The first kappa shape index (κ1) is 9.44. The van der Waals surface area contributed by atoms with Gasteiger partial charge in [-0.25, -0.2) is 0 Å². The average Bonchev–Trinajstić information content (AvgIpc) is 2.52. The molecule has 1 heterocycles. The number of carbonyl (C=O) groups excluding carboxylic acids is 2. The van der Waals surface area contributed by atoms with Crippen molar-refractivity contribution in [3.8, 4) is 0 Å². The molecule has 13 heavy (non-hydrogen) atoms. The molecule has 0 unspecified atom stereocenters. The van der Waals surface area contributed by atoms with Gasteiger partial charge in [-0.05, 0) is 0 Å². The van der Waals surface area contributed by atoms with Crippen LogP contribution in [0.1, 0.15) is 24.3 Å². The van der Waals surface area contributed by atoms with Crippen LogP contribution in [0.25, 0.3) is 0 Å². The summed E-state index contributed by atoms with van der Waals surface area (Å²) >= 11 is 0. The summed E-state index contributed by atoms with van der Waals surface area (Å²) in [6.45, 7) is 3.56. The molecule has 2 N–H and O–H groups in total. The summed E-state index contributed by atoms with van der Waals surface area (Å²) in [7, 11) is 0. The molecule has 5 nitrogen and oxygen atoms in total. The van der Waals surface area contributed by atoms with Crippen molar-refractivity contribution in [1.29, 1.82) is 0 Å². The Morgan fingerprint density at radius 3 is 2.85 bits per heavy atom. The van der Waals surface area contributed by atoms with E-state index in [4.69, 9.17) is 0 Å². The molecule has 0 aromatic carbocycles. The molecule has 0 saturated carbocycles. The number of hydrogen-bond donors (Lipinski definition) is 2. The Morgan fingerprint density at radius 1 is 1.69 bits per heavy atom. The zero-order valence-corrected chi connectivity index (χ0v) is 7.50. The molecule has 1 aromatic heterocycles. The summed E-state index contributed by atoms with van der Waals surface area (Å²) in [5.74, 6) is 0.154. The highest BCUT2D eigenvalue weighted by Gasteiger charge is 2.08. The number of hydrogen-bond acceptors (Lipinski definition) is 3. The Morgan fingerprint density at radius 2 is 2.38 bits per heavy atom. The number of nitrogens with zero attached hydrogens (tertiary/aromatic N) is 1. The number of carbonyl (C=O) groups is 2. The largest absolute Gasteiger partial charge is 0.309 e. The Kier molecular flexibility index (Phi) is 2.79. The highest BCUT2D eigenvalue weighted by atomic mass is 16.2. The molecular formula is C8H11N3O2. The quantitative estimate of drug-likeness (QED) is 0.678. The van der Waals surface area contributed by atoms with E-state index in [0.29, 0.717) is 17.8 Å². The molecule has 0 aliphatic rings. The second-order valence-corrected chi connectivity index (χ2v) is 2.97. The lowest BCUT2D eigenvalue weighted by Gasteiger charge is -2.02. The van der Waals surface area contributed by atoms with E-state index in [2.05, 4.69) is 15.5 Å². The average molecular weight is 181 g/mol. The summed E-state index contributed by atoms with van der Waals surface area (Å²) < 4.78 is 0. The lowest BCUT2D eigenvalue weighted by Crippen LogP contribution is -2.17. The van der Waals surface area contributed by atoms with Crippen LogP contribution >= 0.6 is 0 Å². The van der Waals surface area contributed by atoms with Crippen LogP contribution in [0, 0.1) is 5.92 Å². The first-order valence-corrected chi connectivity index (χ1v) is 3.95. The fourth-order valence-electron chi connectivity index (χ4n) is 0.732. The van der Waals surface area contributed by atoms with Gasteiger partial charge in [0, 0.05) is 12.0 Å². The first-order valence-electron chi connectivity index (χ1n) is 3.95. The number of rotatable bonds is 3. The molecule has 0 saturated heterocycles. The molecule has 1 rings (SSSR count). The van der Waals surface area contributed by atoms with Gasteiger partial charge in [-0.3, -0.25) is 14.7 Å². The fraction of sp³-hybridized carbons (Fsp3) is 0.375. The van der Waals surface area contributed by atoms with Gasteiger partial charge in [0.2, 0.25) is 5.91 Å². The van der Waals surface area contributed by atoms with E-state index in [9.17, 15) is 9.59 Å². The third-order valence-corrected chi connectivity index (χ3v) is 1.50. The van der Waals surface area contributed by atoms with Crippen LogP contribution in [0.15, 0.2) is 6.07 Å². The molecule has 1 aromatic rings. The molecule has 0 spiro atoms. The predicted octanol–water partition coefficient (Wildman–Crippen LogP) is 0.817. The highest BCUT2D eigenvalue weighted by molar-refractivity contribution is 5.91. The second-order valence-electron chi connectivity index (χ2n) is 2.97. The van der Waals surface area contributed by atoms with Crippen molar-refractivity contribution >= 4 is 18.0 Å². The van der Waals surface area contributed by atoms with Crippen LogP contribution in [0.4, 0.5) is 5.82 Å². The normalized spacial score (nSPS) is 10.1. The van der Waals surface area contributed by atoms with E-state index in [1.807, 2.05) is 0 Å². The zero-order valence-electron chi connectivity index (χ0n) is 7.50. The van der Waals surface area contributed by atoms with Gasteiger partial charge >= 0.3 is 0 Å². The maximum Gasteiger partial charge on any atom is 0.228 e. The Labute approximate surface area is 75.5 Å². The third-order valence-electron chi connectivity index (χ3n) is 1.50. The van der Waals surface area contributed by atoms with Crippen LogP contribution in [-0.4, -0.2) is 22.4 Å². The van der Waals surface area contributed by atoms with E-state index in [1.165, 1.54) is 6.07 Å². The maximum atomic E-state index is 11.2. The SMILES string of the molecule is CC(C)C(=O)Nc1cc(C=O)[nH]n1. The number of aromatic amines is 1. The molecular weight excluding hydrogens is 170 g/mol. The Balaban J connectivity index is 2.64. The van der Waals surface area contributed by atoms with Crippen molar-refractivity contribution in [2.75, 3.05) is 5.32 Å². The first-order chi connectivity index (χ1) is 6.13. The third kappa shape index (κ3) is 2.40. The zero-order chi connectivity index (χ0) is 9.84. The molecule has 0 atom stereocenters. The van der Waals surface area contributed by atoms with E-state index < -0.39 is 0 Å². The highest BCUT2D eigenvalue weighted by Crippen LogP contribution is 2.05. The van der Waals surface area contributed by atoms with E-state index >= 15 is 0 Å². The maximum absolute atomic E-state index is 11.2. The van der Waals surface area contributed by atoms with Crippen molar-refractivity contribution in [3.63, 3.8) is 0 Å². The monoisotopic (exact) mass is 181 g/mol. The van der Waals surface area contributed by atoms with E-state index in [1.54, 1.807) is 13.8 Å². The fourth-order valence-corrected chi connectivity index (χ4v) is 0.732. The summed E-state index contributed by atoms with van der Waals surface area (Å²) in [6, 6.07) is 1.48. The smallest absolute Gasteiger partial charge is 0.228 e. The molecule has 0 radical (unpaired) electrons.